The van der Waals surface area contributed by atoms with E-state index in [0.29, 0.717) is 35.0 Å². The zero-order chi connectivity index (χ0) is 34.3. The molecule has 13 nitrogen and oxygen atoms in total. The van der Waals surface area contributed by atoms with E-state index in [-0.39, 0.29) is 53.6 Å². The van der Waals surface area contributed by atoms with Crippen molar-refractivity contribution >= 4 is 46.2 Å². The minimum Gasteiger partial charge on any atom is -0.474 e. The van der Waals surface area contributed by atoms with Gasteiger partial charge < -0.3 is 24.3 Å². The molecular formula is C33H41FN6O7. The van der Waals surface area contributed by atoms with E-state index in [1.165, 1.54) is 17.3 Å². The number of hydrogen-bond acceptors (Lipinski definition) is 9. The number of nitrogens with zero attached hydrogens (tertiary/aromatic N) is 3. The molecule has 1 fully saturated rings. The topological polar surface area (TPSA) is 153 Å². The van der Waals surface area contributed by atoms with Gasteiger partial charge in [-0.15, -0.1) is 0 Å². The maximum Gasteiger partial charge on any atom is 0.415 e. The van der Waals surface area contributed by atoms with Crippen LogP contribution in [0.15, 0.2) is 24.5 Å². The number of anilines is 3. The van der Waals surface area contributed by atoms with Gasteiger partial charge in [0.05, 0.1) is 18.3 Å². The molecule has 0 bridgehead atoms. The Morgan fingerprint density at radius 3 is 2.34 bits per heavy atom. The highest BCUT2D eigenvalue weighted by molar-refractivity contribution is 6.05. The number of aromatic nitrogens is 2. The van der Waals surface area contributed by atoms with Crippen molar-refractivity contribution in [2.45, 2.75) is 84.7 Å². The molecule has 47 heavy (non-hydrogen) atoms. The number of methoxy groups -OCH3 is 1. The summed E-state index contributed by atoms with van der Waals surface area (Å²) in [6.07, 6.45) is 2.90. The van der Waals surface area contributed by atoms with Crippen molar-refractivity contribution in [2.75, 3.05) is 35.8 Å². The zero-order valence-corrected chi connectivity index (χ0v) is 27.9. The van der Waals surface area contributed by atoms with Gasteiger partial charge in [0.1, 0.15) is 29.3 Å². The molecular weight excluding hydrogens is 611 g/mol. The number of rotatable bonds is 5. The monoisotopic (exact) mass is 652 g/mol. The minimum absolute atomic E-state index is 0.0190. The SMILES string of the molecule is CO[C@H]1C[C@H](NC(=O)Nc2cc3cc(-c4cnc5c(c4C)N(C(=O)OC(C)(C)C)CCO5)c(F)c(NC(=O)OC(C)(C)C)c3cn2)C1. The van der Waals surface area contributed by atoms with E-state index >= 15 is 4.39 Å². The standard InChI is InChI=1S/C33H41FN6O7/c1-17-22(15-36-28-27(17)40(9-10-45-28)31(43)47-33(5,6)7)21-11-18-12-24(38-29(41)37-19-13-20(14-19)44-8)35-16-23(18)26(25(21)34)39-30(42)46-32(2,3)4/h11-12,15-16,19-20H,9-10,13-14H2,1-8H3,(H,39,42)(H2,35,37,38,41)/t19-,20-. The van der Waals surface area contributed by atoms with E-state index < -0.39 is 35.2 Å². The first-order chi connectivity index (χ1) is 22.0. The summed E-state index contributed by atoms with van der Waals surface area (Å²) < 4.78 is 38.6. The average molecular weight is 653 g/mol. The van der Waals surface area contributed by atoms with Crippen molar-refractivity contribution < 1.29 is 37.7 Å². The Morgan fingerprint density at radius 1 is 0.979 bits per heavy atom. The van der Waals surface area contributed by atoms with Crippen molar-refractivity contribution in [2.24, 2.45) is 0 Å². The summed E-state index contributed by atoms with van der Waals surface area (Å²) >= 11 is 0. The number of pyridine rings is 2. The molecule has 0 saturated heterocycles. The molecule has 3 N–H and O–H groups in total. The van der Waals surface area contributed by atoms with E-state index in [9.17, 15) is 14.4 Å². The Labute approximate surface area is 272 Å². The molecule has 0 atom stereocenters. The fraction of sp³-hybridized carbons (Fsp3) is 0.485. The van der Waals surface area contributed by atoms with Gasteiger partial charge in [0.15, 0.2) is 5.82 Å². The summed E-state index contributed by atoms with van der Waals surface area (Å²) in [5, 5.41) is 8.88. The molecule has 3 aromatic rings. The fourth-order valence-corrected chi connectivity index (χ4v) is 5.39. The molecule has 0 radical (unpaired) electrons. The van der Waals surface area contributed by atoms with Gasteiger partial charge in [-0.3, -0.25) is 15.5 Å². The van der Waals surface area contributed by atoms with Crippen molar-refractivity contribution in [1.29, 1.82) is 0 Å². The molecule has 5 rings (SSSR count). The number of fused-ring (bicyclic) bond motifs is 2. The highest BCUT2D eigenvalue weighted by Crippen LogP contribution is 2.42. The van der Waals surface area contributed by atoms with Crippen LogP contribution in [0.1, 0.15) is 59.9 Å². The Kier molecular flexibility index (Phi) is 9.18. The van der Waals surface area contributed by atoms with Crippen LogP contribution < -0.4 is 25.6 Å². The van der Waals surface area contributed by atoms with Crippen molar-refractivity contribution in [1.82, 2.24) is 15.3 Å². The average Bonchev–Trinajstić information content (AvgIpc) is 2.94. The van der Waals surface area contributed by atoms with Gasteiger partial charge in [0.25, 0.3) is 0 Å². The zero-order valence-electron chi connectivity index (χ0n) is 27.9. The first kappa shape index (κ1) is 33.6. The van der Waals surface area contributed by atoms with E-state index in [1.807, 2.05) is 0 Å². The van der Waals surface area contributed by atoms with E-state index in [1.54, 1.807) is 67.7 Å². The van der Waals surface area contributed by atoms with Gasteiger partial charge in [-0.1, -0.05) is 0 Å². The third kappa shape index (κ3) is 7.64. The van der Waals surface area contributed by atoms with Crippen LogP contribution in [0.25, 0.3) is 21.9 Å². The fourth-order valence-electron chi connectivity index (χ4n) is 5.39. The number of ether oxygens (including phenoxy) is 4. The second-order valence-corrected chi connectivity index (χ2v) is 13.6. The predicted molar refractivity (Wildman–Crippen MR) is 175 cm³/mol. The smallest absolute Gasteiger partial charge is 0.415 e. The van der Waals surface area contributed by atoms with Gasteiger partial charge in [0.2, 0.25) is 5.88 Å². The largest absolute Gasteiger partial charge is 0.474 e. The number of amides is 4. The van der Waals surface area contributed by atoms with Gasteiger partial charge in [-0.05, 0) is 84.4 Å². The predicted octanol–water partition coefficient (Wildman–Crippen LogP) is 6.52. The molecule has 2 aliphatic rings. The number of carbonyl (C=O) groups excluding carboxylic acids is 3. The van der Waals surface area contributed by atoms with E-state index in [2.05, 4.69) is 25.9 Å². The lowest BCUT2D eigenvalue weighted by Gasteiger charge is -2.34. The lowest BCUT2D eigenvalue weighted by atomic mass is 9.89. The lowest BCUT2D eigenvalue weighted by Crippen LogP contribution is -2.48. The Hall–Kier alpha value is -4.72. The quantitative estimate of drug-likeness (QED) is 0.279. The Morgan fingerprint density at radius 2 is 1.68 bits per heavy atom. The third-order valence-corrected chi connectivity index (χ3v) is 7.59. The lowest BCUT2D eigenvalue weighted by molar-refractivity contribution is 0.0210. The molecule has 4 amide bonds. The van der Waals surface area contributed by atoms with Crippen LogP contribution in [0.5, 0.6) is 5.88 Å². The molecule has 252 valence electrons. The first-order valence-corrected chi connectivity index (χ1v) is 15.4. The summed E-state index contributed by atoms with van der Waals surface area (Å²) in [5.41, 5.74) is -0.489. The molecule has 0 unspecified atom stereocenters. The molecule has 1 aromatic carbocycles. The van der Waals surface area contributed by atoms with Crippen molar-refractivity contribution in [3.63, 3.8) is 0 Å². The van der Waals surface area contributed by atoms with Crippen LogP contribution in [0.4, 0.5) is 36.0 Å². The Balaban J connectivity index is 1.57. The second-order valence-electron chi connectivity index (χ2n) is 13.6. The van der Waals surface area contributed by atoms with E-state index in [4.69, 9.17) is 18.9 Å². The number of halogens is 1. The van der Waals surface area contributed by atoms with E-state index in [0.717, 1.165) is 0 Å². The highest BCUT2D eigenvalue weighted by Gasteiger charge is 2.33. The molecule has 1 saturated carbocycles. The summed E-state index contributed by atoms with van der Waals surface area (Å²) in [4.78, 5) is 48.9. The first-order valence-electron chi connectivity index (χ1n) is 15.4. The van der Waals surface area contributed by atoms with Gasteiger partial charge >= 0.3 is 18.2 Å². The molecule has 1 aliphatic heterocycles. The summed E-state index contributed by atoms with van der Waals surface area (Å²) in [7, 11) is 1.63. The van der Waals surface area contributed by atoms with Crippen LogP contribution in [0, 0.1) is 12.7 Å². The molecule has 2 aromatic heterocycles. The molecule has 14 heteroatoms. The molecule has 3 heterocycles. The van der Waals surface area contributed by atoms with Gasteiger partial charge in [0, 0.05) is 42.1 Å². The van der Waals surface area contributed by atoms with Gasteiger partial charge in [-0.25, -0.2) is 28.7 Å². The maximum absolute atomic E-state index is 16.6. The molecule has 0 spiro atoms. The number of urea groups is 1. The maximum atomic E-state index is 16.6. The van der Waals surface area contributed by atoms with Crippen LogP contribution in [-0.4, -0.2) is 71.8 Å². The summed E-state index contributed by atoms with van der Waals surface area (Å²) in [5.74, 6) is -0.350. The number of nitrogens with one attached hydrogen (secondary N) is 3. The third-order valence-electron chi connectivity index (χ3n) is 7.59. The summed E-state index contributed by atoms with van der Waals surface area (Å²) in [6, 6.07) is 2.69. The van der Waals surface area contributed by atoms with Crippen LogP contribution in [0.2, 0.25) is 0 Å². The van der Waals surface area contributed by atoms with Crippen LogP contribution in [-0.2, 0) is 14.2 Å². The van der Waals surface area contributed by atoms with Crippen molar-refractivity contribution in [3.8, 4) is 17.0 Å². The highest BCUT2D eigenvalue weighted by atomic mass is 19.1. The van der Waals surface area contributed by atoms with Crippen LogP contribution >= 0.6 is 0 Å². The second kappa shape index (κ2) is 12.8. The normalized spacial score (nSPS) is 17.6. The number of benzene rings is 1. The Bertz CT molecular complexity index is 1710. The number of hydrogen-bond donors (Lipinski definition) is 3. The van der Waals surface area contributed by atoms with Crippen LogP contribution in [0.3, 0.4) is 0 Å². The minimum atomic E-state index is -0.865. The summed E-state index contributed by atoms with van der Waals surface area (Å²) in [6.45, 7) is 12.5. The van der Waals surface area contributed by atoms with Gasteiger partial charge in [-0.2, -0.15) is 0 Å². The van der Waals surface area contributed by atoms with Crippen molar-refractivity contribution in [3.05, 3.63) is 35.9 Å². The molecule has 1 aliphatic carbocycles. The number of carbonyl (C=O) groups is 3.